The third kappa shape index (κ3) is 3.22. The number of carbonyl (C=O) groups is 1. The van der Waals surface area contributed by atoms with Crippen LogP contribution < -0.4 is 15.0 Å². The van der Waals surface area contributed by atoms with E-state index in [2.05, 4.69) is 5.32 Å². The molecule has 3 rings (SSSR count). The number of hydrogen-bond donors (Lipinski definition) is 1. The summed E-state index contributed by atoms with van der Waals surface area (Å²) in [6.45, 7) is 0.972. The molecule has 0 fully saturated rings. The van der Waals surface area contributed by atoms with E-state index in [0.29, 0.717) is 13.2 Å². The zero-order valence-electron chi connectivity index (χ0n) is 12.7. The molecule has 0 saturated heterocycles. The normalized spacial score (nSPS) is 16.3. The number of ether oxygens (including phenoxy) is 1. The fraction of sp³-hybridized carbons (Fsp3) is 0.278. The van der Waals surface area contributed by atoms with Gasteiger partial charge in [0.1, 0.15) is 5.75 Å². The summed E-state index contributed by atoms with van der Waals surface area (Å²) < 4.78 is 5.62. The molecule has 0 aromatic heterocycles. The molecule has 2 aromatic carbocycles. The number of amides is 1. The minimum absolute atomic E-state index is 0.0213. The fourth-order valence-corrected chi connectivity index (χ4v) is 2.72. The number of fused-ring (bicyclic) bond motifs is 1. The van der Waals surface area contributed by atoms with Crippen molar-refractivity contribution in [2.75, 3.05) is 25.1 Å². The summed E-state index contributed by atoms with van der Waals surface area (Å²) in [5.41, 5.74) is 2.09. The standard InChI is InChI=1S/C18H20N2O2/c1-20(14-7-3-2-4-8-14)13-18(21)19-16-11-12-22-17-10-6-5-9-15(16)17/h2-10,16H,11-13H2,1H3,(H,19,21). The van der Waals surface area contributed by atoms with Gasteiger partial charge in [0.2, 0.25) is 5.91 Å². The largest absolute Gasteiger partial charge is 0.493 e. The van der Waals surface area contributed by atoms with Crippen molar-refractivity contribution < 1.29 is 9.53 Å². The molecule has 4 heteroatoms. The Balaban J connectivity index is 1.63. The Hall–Kier alpha value is -2.49. The molecule has 2 aromatic rings. The van der Waals surface area contributed by atoms with Gasteiger partial charge in [0.25, 0.3) is 0 Å². The highest BCUT2D eigenvalue weighted by Crippen LogP contribution is 2.31. The zero-order valence-corrected chi connectivity index (χ0v) is 12.7. The molecule has 1 N–H and O–H groups in total. The van der Waals surface area contributed by atoms with Crippen LogP contribution in [0.1, 0.15) is 18.0 Å². The van der Waals surface area contributed by atoms with E-state index in [0.717, 1.165) is 23.4 Å². The molecule has 1 amide bonds. The van der Waals surface area contributed by atoms with Crippen LogP contribution in [-0.2, 0) is 4.79 Å². The molecule has 1 unspecified atom stereocenters. The smallest absolute Gasteiger partial charge is 0.239 e. The average Bonchev–Trinajstić information content (AvgIpc) is 2.56. The summed E-state index contributed by atoms with van der Waals surface area (Å²) in [5.74, 6) is 0.892. The molecular weight excluding hydrogens is 276 g/mol. The predicted molar refractivity (Wildman–Crippen MR) is 87.1 cm³/mol. The quantitative estimate of drug-likeness (QED) is 0.943. The Bertz CT molecular complexity index is 643. The van der Waals surface area contributed by atoms with Gasteiger partial charge in [-0.2, -0.15) is 0 Å². The van der Waals surface area contributed by atoms with E-state index in [-0.39, 0.29) is 11.9 Å². The van der Waals surface area contributed by atoms with E-state index in [1.807, 2.05) is 66.5 Å². The van der Waals surface area contributed by atoms with Crippen LogP contribution in [0.25, 0.3) is 0 Å². The molecule has 0 radical (unpaired) electrons. The number of hydrogen-bond acceptors (Lipinski definition) is 3. The summed E-state index contributed by atoms with van der Waals surface area (Å²) in [6.07, 6.45) is 0.803. The monoisotopic (exact) mass is 296 g/mol. The van der Waals surface area contributed by atoms with Gasteiger partial charge in [0, 0.05) is 24.7 Å². The third-order valence-corrected chi connectivity index (χ3v) is 3.87. The first-order valence-corrected chi connectivity index (χ1v) is 7.51. The number of benzene rings is 2. The van der Waals surface area contributed by atoms with Crippen molar-refractivity contribution in [1.82, 2.24) is 5.32 Å². The number of rotatable bonds is 4. The van der Waals surface area contributed by atoms with Gasteiger partial charge >= 0.3 is 0 Å². The minimum atomic E-state index is 0.0213. The van der Waals surface area contributed by atoms with Crippen molar-refractivity contribution in [1.29, 1.82) is 0 Å². The summed E-state index contributed by atoms with van der Waals surface area (Å²) in [4.78, 5) is 14.3. The lowest BCUT2D eigenvalue weighted by Crippen LogP contribution is -2.38. The SMILES string of the molecule is CN(CC(=O)NC1CCOc2ccccc21)c1ccccc1. The van der Waals surface area contributed by atoms with E-state index >= 15 is 0 Å². The second kappa shape index (κ2) is 6.52. The average molecular weight is 296 g/mol. The summed E-state index contributed by atoms with van der Waals surface area (Å²) in [5, 5.41) is 3.12. The van der Waals surface area contributed by atoms with Gasteiger partial charge in [-0.15, -0.1) is 0 Å². The Morgan fingerprint density at radius 2 is 1.91 bits per heavy atom. The molecule has 0 bridgehead atoms. The van der Waals surface area contributed by atoms with Gasteiger partial charge in [0.15, 0.2) is 0 Å². The molecular formula is C18H20N2O2. The molecule has 0 aliphatic carbocycles. The molecule has 1 aliphatic rings. The van der Waals surface area contributed by atoms with Crippen molar-refractivity contribution in [3.05, 3.63) is 60.2 Å². The van der Waals surface area contributed by atoms with Crippen LogP contribution in [0, 0.1) is 0 Å². The van der Waals surface area contributed by atoms with Crippen molar-refractivity contribution in [2.45, 2.75) is 12.5 Å². The molecule has 4 nitrogen and oxygen atoms in total. The Morgan fingerprint density at radius 1 is 1.18 bits per heavy atom. The minimum Gasteiger partial charge on any atom is -0.493 e. The van der Waals surface area contributed by atoms with Gasteiger partial charge in [-0.05, 0) is 18.2 Å². The first-order valence-electron chi connectivity index (χ1n) is 7.51. The number of carbonyl (C=O) groups excluding carboxylic acids is 1. The highest BCUT2D eigenvalue weighted by Gasteiger charge is 2.22. The van der Waals surface area contributed by atoms with Crippen molar-refractivity contribution in [2.24, 2.45) is 0 Å². The van der Waals surface area contributed by atoms with Crippen molar-refractivity contribution in [3.63, 3.8) is 0 Å². The van der Waals surface area contributed by atoms with Crippen LogP contribution in [0.2, 0.25) is 0 Å². The van der Waals surface area contributed by atoms with E-state index in [1.54, 1.807) is 0 Å². The van der Waals surface area contributed by atoms with Crippen LogP contribution in [0.15, 0.2) is 54.6 Å². The van der Waals surface area contributed by atoms with Crippen molar-refractivity contribution in [3.8, 4) is 5.75 Å². The number of para-hydroxylation sites is 2. The van der Waals surface area contributed by atoms with E-state index < -0.39 is 0 Å². The molecule has 22 heavy (non-hydrogen) atoms. The predicted octanol–water partition coefficient (Wildman–Crippen LogP) is 2.76. The van der Waals surface area contributed by atoms with E-state index in [1.165, 1.54) is 0 Å². The summed E-state index contributed by atoms with van der Waals surface area (Å²) in [7, 11) is 1.92. The maximum Gasteiger partial charge on any atom is 0.239 e. The molecule has 1 heterocycles. The number of nitrogens with one attached hydrogen (secondary N) is 1. The lowest BCUT2D eigenvalue weighted by Gasteiger charge is -2.27. The van der Waals surface area contributed by atoms with Crippen LogP contribution >= 0.6 is 0 Å². The van der Waals surface area contributed by atoms with Gasteiger partial charge < -0.3 is 15.0 Å². The van der Waals surface area contributed by atoms with Gasteiger partial charge in [0.05, 0.1) is 19.2 Å². The van der Waals surface area contributed by atoms with Gasteiger partial charge in [-0.1, -0.05) is 36.4 Å². The van der Waals surface area contributed by atoms with Crippen LogP contribution in [0.3, 0.4) is 0 Å². The number of anilines is 1. The number of nitrogens with zero attached hydrogens (tertiary/aromatic N) is 1. The van der Waals surface area contributed by atoms with Gasteiger partial charge in [-0.25, -0.2) is 0 Å². The zero-order chi connectivity index (χ0) is 15.4. The molecule has 0 saturated carbocycles. The van der Waals surface area contributed by atoms with Gasteiger partial charge in [-0.3, -0.25) is 4.79 Å². The lowest BCUT2D eigenvalue weighted by molar-refractivity contribution is -0.120. The lowest BCUT2D eigenvalue weighted by atomic mass is 10.0. The maximum atomic E-state index is 12.3. The first-order chi connectivity index (χ1) is 10.7. The Labute approximate surface area is 130 Å². The molecule has 1 aliphatic heterocycles. The molecule has 0 spiro atoms. The highest BCUT2D eigenvalue weighted by molar-refractivity contribution is 5.81. The van der Waals surface area contributed by atoms with Crippen LogP contribution in [-0.4, -0.2) is 26.1 Å². The first kappa shape index (κ1) is 14.4. The fourth-order valence-electron chi connectivity index (χ4n) is 2.72. The summed E-state index contributed by atoms with van der Waals surface area (Å²) >= 11 is 0. The Morgan fingerprint density at radius 3 is 2.73 bits per heavy atom. The van der Waals surface area contributed by atoms with Crippen LogP contribution in [0.4, 0.5) is 5.69 Å². The van der Waals surface area contributed by atoms with Crippen molar-refractivity contribution >= 4 is 11.6 Å². The second-order valence-corrected chi connectivity index (χ2v) is 5.49. The van der Waals surface area contributed by atoms with E-state index in [9.17, 15) is 4.79 Å². The second-order valence-electron chi connectivity index (χ2n) is 5.49. The van der Waals surface area contributed by atoms with E-state index in [4.69, 9.17) is 4.74 Å². The highest BCUT2D eigenvalue weighted by atomic mass is 16.5. The summed E-state index contributed by atoms with van der Waals surface area (Å²) in [6, 6.07) is 17.8. The molecule has 1 atom stereocenters. The maximum absolute atomic E-state index is 12.3. The number of likely N-dealkylation sites (N-methyl/N-ethyl adjacent to an activating group) is 1. The molecule has 114 valence electrons. The topological polar surface area (TPSA) is 41.6 Å². The van der Waals surface area contributed by atoms with Crippen LogP contribution in [0.5, 0.6) is 5.75 Å². The Kier molecular flexibility index (Phi) is 4.28. The third-order valence-electron chi connectivity index (χ3n) is 3.87.